The molecule has 0 radical (unpaired) electrons. The normalized spacial score (nSPS) is 11.9. The van der Waals surface area contributed by atoms with Gasteiger partial charge in [-0.05, 0) is 23.4 Å². The van der Waals surface area contributed by atoms with Crippen molar-refractivity contribution < 1.29 is 4.79 Å². The molecule has 0 fully saturated rings. The summed E-state index contributed by atoms with van der Waals surface area (Å²) in [7, 11) is 1.92. The highest BCUT2D eigenvalue weighted by molar-refractivity contribution is 8.01. The zero-order valence-electron chi connectivity index (χ0n) is 16.9. The largest absolute Gasteiger partial charge is 0.360 e. The summed E-state index contributed by atoms with van der Waals surface area (Å²) in [6.45, 7) is 0.808. The molecule has 0 aliphatic rings. The molecular formula is C21H22N6OS3. The van der Waals surface area contributed by atoms with Crippen molar-refractivity contribution in [3.05, 3.63) is 76.5 Å². The zero-order chi connectivity index (χ0) is 21.5. The minimum absolute atomic E-state index is 0.0794. The number of imidazole rings is 1. The molecular weight excluding hydrogens is 448 g/mol. The van der Waals surface area contributed by atoms with E-state index in [1.165, 1.54) is 28.0 Å². The third-order valence-electron chi connectivity index (χ3n) is 4.52. The molecule has 1 atom stereocenters. The molecule has 1 aromatic carbocycles. The lowest BCUT2D eigenvalue weighted by molar-refractivity contribution is -0.119. The van der Waals surface area contributed by atoms with Gasteiger partial charge in [0.2, 0.25) is 11.0 Å². The summed E-state index contributed by atoms with van der Waals surface area (Å²) >= 11 is 4.60. The first-order chi connectivity index (χ1) is 15.2. The topological polar surface area (TPSA) is 84.7 Å². The van der Waals surface area contributed by atoms with Crippen LogP contribution in [0.2, 0.25) is 0 Å². The highest BCUT2D eigenvalue weighted by Crippen LogP contribution is 2.26. The van der Waals surface area contributed by atoms with E-state index in [1.807, 2.05) is 48.1 Å². The van der Waals surface area contributed by atoms with Crippen molar-refractivity contribution in [2.75, 3.05) is 17.6 Å². The molecule has 31 heavy (non-hydrogen) atoms. The van der Waals surface area contributed by atoms with Crippen molar-refractivity contribution in [2.45, 2.75) is 16.8 Å². The van der Waals surface area contributed by atoms with Gasteiger partial charge < -0.3 is 15.2 Å². The Kier molecular flexibility index (Phi) is 7.34. The maximum atomic E-state index is 12.7. The average molecular weight is 471 g/mol. The number of nitrogens with one attached hydrogen (secondary N) is 2. The minimum Gasteiger partial charge on any atom is -0.360 e. The summed E-state index contributed by atoms with van der Waals surface area (Å²) in [4.78, 5) is 18.5. The summed E-state index contributed by atoms with van der Waals surface area (Å²) < 4.78 is 2.69. The summed E-state index contributed by atoms with van der Waals surface area (Å²) in [5, 5.41) is 17.6. The van der Waals surface area contributed by atoms with E-state index < -0.39 is 0 Å². The van der Waals surface area contributed by atoms with Gasteiger partial charge >= 0.3 is 0 Å². The van der Waals surface area contributed by atoms with Crippen LogP contribution in [0.5, 0.6) is 0 Å². The van der Waals surface area contributed by atoms with Gasteiger partial charge in [0.15, 0.2) is 4.34 Å². The molecule has 4 rings (SSSR count). The number of rotatable bonds is 10. The number of hydrogen-bond donors (Lipinski definition) is 2. The quantitative estimate of drug-likeness (QED) is 0.341. The van der Waals surface area contributed by atoms with Crippen LogP contribution >= 0.6 is 34.4 Å². The van der Waals surface area contributed by atoms with E-state index in [9.17, 15) is 4.79 Å². The SMILES string of the molecule is Cn1ccnc1C(NC(=O)CSc1nnc(NCCc2cccs2)s1)c1ccccc1. The molecule has 0 bridgehead atoms. The van der Waals surface area contributed by atoms with Gasteiger partial charge in [0, 0.05) is 30.9 Å². The molecule has 0 saturated carbocycles. The molecule has 7 nitrogen and oxygen atoms in total. The lowest BCUT2D eigenvalue weighted by Crippen LogP contribution is -2.32. The van der Waals surface area contributed by atoms with Crippen LogP contribution in [0, 0.1) is 0 Å². The maximum absolute atomic E-state index is 12.7. The van der Waals surface area contributed by atoms with Gasteiger partial charge in [-0.1, -0.05) is 59.5 Å². The molecule has 0 aliphatic carbocycles. The van der Waals surface area contributed by atoms with Crippen LogP contribution in [0.1, 0.15) is 22.3 Å². The highest BCUT2D eigenvalue weighted by Gasteiger charge is 2.21. The molecule has 10 heteroatoms. The number of anilines is 1. The lowest BCUT2D eigenvalue weighted by Gasteiger charge is -2.19. The fraction of sp³-hybridized carbons (Fsp3) is 0.238. The monoisotopic (exact) mass is 470 g/mol. The van der Waals surface area contributed by atoms with E-state index in [2.05, 4.69) is 43.3 Å². The van der Waals surface area contributed by atoms with E-state index in [4.69, 9.17) is 0 Å². The number of amides is 1. The molecule has 3 aromatic heterocycles. The van der Waals surface area contributed by atoms with Gasteiger partial charge in [0.1, 0.15) is 11.9 Å². The summed E-state index contributed by atoms with van der Waals surface area (Å²) in [5.41, 5.74) is 0.989. The fourth-order valence-electron chi connectivity index (χ4n) is 3.01. The number of aryl methyl sites for hydroxylation is 1. The predicted molar refractivity (Wildman–Crippen MR) is 127 cm³/mol. The van der Waals surface area contributed by atoms with Crippen LogP contribution in [0.4, 0.5) is 5.13 Å². The zero-order valence-corrected chi connectivity index (χ0v) is 19.3. The van der Waals surface area contributed by atoms with E-state index in [-0.39, 0.29) is 17.7 Å². The molecule has 1 amide bonds. The van der Waals surface area contributed by atoms with Crippen LogP contribution in [-0.4, -0.2) is 38.0 Å². The highest BCUT2D eigenvalue weighted by atomic mass is 32.2. The Morgan fingerprint density at radius 1 is 1.19 bits per heavy atom. The van der Waals surface area contributed by atoms with Crippen LogP contribution in [-0.2, 0) is 18.3 Å². The van der Waals surface area contributed by atoms with Crippen molar-refractivity contribution in [1.29, 1.82) is 0 Å². The minimum atomic E-state index is -0.307. The number of nitrogens with zero attached hydrogens (tertiary/aromatic N) is 4. The Hall–Kier alpha value is -2.69. The van der Waals surface area contributed by atoms with Gasteiger partial charge in [0.05, 0.1) is 5.75 Å². The number of thioether (sulfide) groups is 1. The molecule has 1 unspecified atom stereocenters. The van der Waals surface area contributed by atoms with Crippen molar-refractivity contribution in [3.63, 3.8) is 0 Å². The number of thiophene rings is 1. The Balaban J connectivity index is 1.31. The van der Waals surface area contributed by atoms with Crippen LogP contribution in [0.15, 0.2) is 64.6 Å². The first kappa shape index (κ1) is 21.5. The summed E-state index contributed by atoms with van der Waals surface area (Å²) in [6.07, 6.45) is 4.57. The number of carbonyl (C=O) groups is 1. The molecule has 4 aromatic rings. The second-order valence-electron chi connectivity index (χ2n) is 6.73. The van der Waals surface area contributed by atoms with Crippen LogP contribution < -0.4 is 10.6 Å². The van der Waals surface area contributed by atoms with Crippen molar-refractivity contribution >= 4 is 45.5 Å². The molecule has 0 saturated heterocycles. The van der Waals surface area contributed by atoms with Crippen molar-refractivity contribution in [3.8, 4) is 0 Å². The number of aromatic nitrogens is 4. The molecule has 160 valence electrons. The van der Waals surface area contributed by atoms with E-state index in [0.29, 0.717) is 0 Å². The van der Waals surface area contributed by atoms with E-state index >= 15 is 0 Å². The third-order valence-corrected chi connectivity index (χ3v) is 7.47. The standard InChI is InChI=1S/C21H22N6OS3/c1-27-12-11-22-19(27)18(15-6-3-2-4-7-15)24-17(28)14-30-21-26-25-20(31-21)23-10-9-16-8-5-13-29-16/h2-8,11-13,18H,9-10,14H2,1H3,(H,23,25)(H,24,28). The Bertz CT molecular complexity index is 1090. The molecule has 0 spiro atoms. The second kappa shape index (κ2) is 10.6. The van der Waals surface area contributed by atoms with Gasteiger partial charge in [-0.2, -0.15) is 0 Å². The first-order valence-electron chi connectivity index (χ1n) is 9.73. The average Bonchev–Trinajstić information content (AvgIpc) is 3.54. The Morgan fingerprint density at radius 2 is 2.06 bits per heavy atom. The van der Waals surface area contributed by atoms with Gasteiger partial charge in [-0.15, -0.1) is 21.5 Å². The van der Waals surface area contributed by atoms with Gasteiger partial charge in [0.25, 0.3) is 0 Å². The smallest absolute Gasteiger partial charge is 0.231 e. The lowest BCUT2D eigenvalue weighted by atomic mass is 10.1. The number of benzene rings is 1. The summed E-state index contributed by atoms with van der Waals surface area (Å²) in [5.74, 6) is 0.972. The maximum Gasteiger partial charge on any atom is 0.231 e. The molecule has 0 aliphatic heterocycles. The first-order valence-corrected chi connectivity index (χ1v) is 12.4. The molecule has 3 heterocycles. The molecule has 2 N–H and O–H groups in total. The number of carbonyl (C=O) groups excluding carboxylic acids is 1. The van der Waals surface area contributed by atoms with E-state index in [1.54, 1.807) is 17.5 Å². The third kappa shape index (κ3) is 5.93. The van der Waals surface area contributed by atoms with E-state index in [0.717, 1.165) is 33.8 Å². The van der Waals surface area contributed by atoms with Gasteiger partial charge in [-0.25, -0.2) is 4.98 Å². The Labute approximate surface area is 193 Å². The fourth-order valence-corrected chi connectivity index (χ4v) is 5.31. The van der Waals surface area contributed by atoms with Crippen LogP contribution in [0.3, 0.4) is 0 Å². The Morgan fingerprint density at radius 3 is 2.81 bits per heavy atom. The summed E-state index contributed by atoms with van der Waals surface area (Å²) in [6, 6.07) is 13.7. The van der Waals surface area contributed by atoms with Crippen LogP contribution in [0.25, 0.3) is 0 Å². The predicted octanol–water partition coefficient (Wildman–Crippen LogP) is 3.99. The van der Waals surface area contributed by atoms with Crippen molar-refractivity contribution in [2.24, 2.45) is 7.05 Å². The second-order valence-corrected chi connectivity index (χ2v) is 9.96. The van der Waals surface area contributed by atoms with Crippen molar-refractivity contribution in [1.82, 2.24) is 25.1 Å². The van der Waals surface area contributed by atoms with Gasteiger partial charge in [-0.3, -0.25) is 4.79 Å². The number of hydrogen-bond acceptors (Lipinski definition) is 8.